The van der Waals surface area contributed by atoms with Crippen molar-refractivity contribution < 1.29 is 9.32 Å². The first-order valence-electron chi connectivity index (χ1n) is 10.9. The minimum atomic E-state index is -0.380. The van der Waals surface area contributed by atoms with Gasteiger partial charge >= 0.3 is 0 Å². The second-order valence-electron chi connectivity index (χ2n) is 7.94. The highest BCUT2D eigenvalue weighted by molar-refractivity contribution is 6.33. The Bertz CT molecular complexity index is 1590. The minimum absolute atomic E-state index is 0.0965. The standard InChI is InChI=1S/C26H20ClN5O3/c1-16-23(24(31-35-16)20-10-4-5-11-21(20)27)25(33)29-14-22-18-8-2-3-9-19(18)26(34)32(30-22)15-17-7-6-12-28-13-17/h2-13H,14-15H2,1H3,(H,29,33). The van der Waals surface area contributed by atoms with Crippen LogP contribution in [0, 0.1) is 6.92 Å². The van der Waals surface area contributed by atoms with Gasteiger partial charge in [0.15, 0.2) is 0 Å². The number of aryl methyl sites for hydroxylation is 1. The summed E-state index contributed by atoms with van der Waals surface area (Å²) in [6.45, 7) is 2.03. The Hall–Kier alpha value is -4.30. The molecule has 0 aliphatic heterocycles. The van der Waals surface area contributed by atoms with E-state index in [0.717, 1.165) is 5.56 Å². The number of fused-ring (bicyclic) bond motifs is 1. The lowest BCUT2D eigenvalue weighted by Gasteiger charge is -2.12. The summed E-state index contributed by atoms with van der Waals surface area (Å²) >= 11 is 6.32. The number of hydrogen-bond acceptors (Lipinski definition) is 6. The molecule has 3 heterocycles. The van der Waals surface area contributed by atoms with Crippen LogP contribution in [0.25, 0.3) is 22.0 Å². The molecule has 1 N–H and O–H groups in total. The van der Waals surface area contributed by atoms with Gasteiger partial charge in [0.1, 0.15) is 17.0 Å². The van der Waals surface area contributed by atoms with Crippen LogP contribution in [0.4, 0.5) is 0 Å². The average Bonchev–Trinajstić information content (AvgIpc) is 3.27. The van der Waals surface area contributed by atoms with Gasteiger partial charge in [-0.2, -0.15) is 5.10 Å². The minimum Gasteiger partial charge on any atom is -0.360 e. The fraction of sp³-hybridized carbons (Fsp3) is 0.115. The number of rotatable bonds is 6. The summed E-state index contributed by atoms with van der Waals surface area (Å²) in [6.07, 6.45) is 3.36. The van der Waals surface area contributed by atoms with Crippen molar-refractivity contribution in [3.05, 3.63) is 111 Å². The maximum absolute atomic E-state index is 13.2. The summed E-state index contributed by atoms with van der Waals surface area (Å²) < 4.78 is 6.70. The zero-order valence-corrected chi connectivity index (χ0v) is 19.5. The Balaban J connectivity index is 1.48. The number of hydrogen-bond donors (Lipinski definition) is 1. The fourth-order valence-corrected chi connectivity index (χ4v) is 4.16. The average molecular weight is 486 g/mol. The van der Waals surface area contributed by atoms with E-state index in [4.69, 9.17) is 16.1 Å². The number of nitrogens with zero attached hydrogens (tertiary/aromatic N) is 4. The lowest BCUT2D eigenvalue weighted by molar-refractivity contribution is 0.0949. The van der Waals surface area contributed by atoms with Crippen molar-refractivity contribution >= 4 is 28.3 Å². The monoisotopic (exact) mass is 485 g/mol. The van der Waals surface area contributed by atoms with E-state index in [-0.39, 0.29) is 24.6 Å². The highest BCUT2D eigenvalue weighted by Crippen LogP contribution is 2.31. The van der Waals surface area contributed by atoms with E-state index in [1.54, 1.807) is 55.7 Å². The summed E-state index contributed by atoms with van der Waals surface area (Å²) in [5, 5.41) is 13.2. The van der Waals surface area contributed by atoms with Gasteiger partial charge in [-0.25, -0.2) is 4.68 Å². The van der Waals surface area contributed by atoms with E-state index in [9.17, 15) is 9.59 Å². The third-order valence-corrected chi connectivity index (χ3v) is 5.96. The molecule has 8 nitrogen and oxygen atoms in total. The molecule has 0 aliphatic carbocycles. The molecule has 3 aromatic heterocycles. The maximum Gasteiger partial charge on any atom is 0.274 e. The van der Waals surface area contributed by atoms with Crippen molar-refractivity contribution in [1.29, 1.82) is 0 Å². The molecule has 35 heavy (non-hydrogen) atoms. The largest absolute Gasteiger partial charge is 0.360 e. The zero-order valence-electron chi connectivity index (χ0n) is 18.7. The first-order chi connectivity index (χ1) is 17.0. The predicted octanol–water partition coefficient (Wildman–Crippen LogP) is 4.39. The molecule has 0 atom stereocenters. The number of nitrogens with one attached hydrogen (secondary N) is 1. The molecule has 0 fully saturated rings. The van der Waals surface area contributed by atoms with Gasteiger partial charge in [0.25, 0.3) is 11.5 Å². The van der Waals surface area contributed by atoms with Gasteiger partial charge < -0.3 is 9.84 Å². The summed E-state index contributed by atoms with van der Waals surface area (Å²) in [7, 11) is 0. The first kappa shape index (κ1) is 22.5. The number of benzene rings is 2. The molecular formula is C26H20ClN5O3. The van der Waals surface area contributed by atoms with Gasteiger partial charge in [-0.15, -0.1) is 0 Å². The van der Waals surface area contributed by atoms with Gasteiger partial charge in [-0.3, -0.25) is 14.6 Å². The molecular weight excluding hydrogens is 466 g/mol. The molecule has 0 bridgehead atoms. The SMILES string of the molecule is Cc1onc(-c2ccccc2Cl)c1C(=O)NCc1nn(Cc2cccnc2)c(=O)c2ccccc12. The molecule has 174 valence electrons. The lowest BCUT2D eigenvalue weighted by Crippen LogP contribution is -2.29. The second-order valence-corrected chi connectivity index (χ2v) is 8.35. The van der Waals surface area contributed by atoms with Crippen molar-refractivity contribution in [2.24, 2.45) is 0 Å². The van der Waals surface area contributed by atoms with E-state index in [0.29, 0.717) is 44.1 Å². The molecule has 2 aromatic carbocycles. The van der Waals surface area contributed by atoms with Crippen LogP contribution in [0.15, 0.2) is 82.4 Å². The Morgan fingerprint density at radius 2 is 1.83 bits per heavy atom. The van der Waals surface area contributed by atoms with Crippen molar-refractivity contribution in [3.63, 3.8) is 0 Å². The van der Waals surface area contributed by atoms with Crippen LogP contribution in [0.2, 0.25) is 5.02 Å². The molecule has 0 radical (unpaired) electrons. The van der Waals surface area contributed by atoms with Gasteiger partial charge in [0.2, 0.25) is 0 Å². The number of halogens is 1. The smallest absolute Gasteiger partial charge is 0.274 e. The van der Waals surface area contributed by atoms with Gasteiger partial charge in [0, 0.05) is 23.3 Å². The topological polar surface area (TPSA) is 103 Å². The van der Waals surface area contributed by atoms with E-state index < -0.39 is 0 Å². The quantitative estimate of drug-likeness (QED) is 0.382. The maximum atomic E-state index is 13.2. The first-order valence-corrected chi connectivity index (χ1v) is 11.3. The summed E-state index contributed by atoms with van der Waals surface area (Å²) in [5.74, 6) is -0.00801. The summed E-state index contributed by atoms with van der Waals surface area (Å²) in [6, 6.07) is 18.0. The van der Waals surface area contributed by atoms with Crippen LogP contribution >= 0.6 is 11.6 Å². The van der Waals surface area contributed by atoms with Crippen molar-refractivity contribution in [3.8, 4) is 11.3 Å². The zero-order chi connectivity index (χ0) is 24.4. The molecule has 5 rings (SSSR count). The van der Waals surface area contributed by atoms with Crippen LogP contribution in [0.3, 0.4) is 0 Å². The highest BCUT2D eigenvalue weighted by atomic mass is 35.5. The van der Waals surface area contributed by atoms with E-state index in [1.165, 1.54) is 4.68 Å². The normalized spacial score (nSPS) is 11.0. The molecule has 0 spiro atoms. The van der Waals surface area contributed by atoms with Gasteiger partial charge in [-0.05, 0) is 30.7 Å². The molecule has 0 saturated heterocycles. The van der Waals surface area contributed by atoms with Gasteiger partial charge in [-0.1, -0.05) is 59.2 Å². The lowest BCUT2D eigenvalue weighted by atomic mass is 10.1. The number of pyridine rings is 1. The van der Waals surface area contributed by atoms with Gasteiger partial charge in [0.05, 0.1) is 29.2 Å². The number of amides is 1. The van der Waals surface area contributed by atoms with E-state index in [1.807, 2.05) is 24.3 Å². The Morgan fingerprint density at radius 3 is 2.60 bits per heavy atom. The second kappa shape index (κ2) is 9.52. The summed E-state index contributed by atoms with van der Waals surface area (Å²) in [4.78, 5) is 30.4. The number of aromatic nitrogens is 4. The van der Waals surface area contributed by atoms with E-state index >= 15 is 0 Å². The Kier molecular flexibility index (Phi) is 6.12. The van der Waals surface area contributed by atoms with Crippen LogP contribution in [-0.2, 0) is 13.1 Å². The Labute approximate surface area is 205 Å². The van der Waals surface area contributed by atoms with Crippen LogP contribution in [0.1, 0.15) is 27.4 Å². The molecule has 9 heteroatoms. The molecule has 0 saturated carbocycles. The molecule has 1 amide bonds. The third-order valence-electron chi connectivity index (χ3n) is 5.63. The summed E-state index contributed by atoms with van der Waals surface area (Å²) in [5.41, 5.74) is 2.46. The fourth-order valence-electron chi connectivity index (χ4n) is 3.94. The molecule has 0 aliphatic rings. The van der Waals surface area contributed by atoms with Crippen molar-refractivity contribution in [2.75, 3.05) is 0 Å². The van der Waals surface area contributed by atoms with Crippen LogP contribution in [0.5, 0.6) is 0 Å². The van der Waals surface area contributed by atoms with Crippen molar-refractivity contribution in [1.82, 2.24) is 25.2 Å². The third kappa shape index (κ3) is 4.43. The highest BCUT2D eigenvalue weighted by Gasteiger charge is 2.23. The number of carbonyl (C=O) groups excluding carboxylic acids is 1. The van der Waals surface area contributed by atoms with Crippen molar-refractivity contribution in [2.45, 2.75) is 20.0 Å². The Morgan fingerprint density at radius 1 is 1.06 bits per heavy atom. The number of carbonyl (C=O) groups is 1. The van der Waals surface area contributed by atoms with Crippen LogP contribution < -0.4 is 10.9 Å². The molecule has 0 unspecified atom stereocenters. The van der Waals surface area contributed by atoms with Crippen LogP contribution in [-0.4, -0.2) is 25.8 Å². The molecule has 5 aromatic rings. The predicted molar refractivity (Wildman–Crippen MR) is 132 cm³/mol. The van der Waals surface area contributed by atoms with E-state index in [2.05, 4.69) is 20.6 Å².